The van der Waals surface area contributed by atoms with Crippen LogP contribution in [0.5, 0.6) is 0 Å². The van der Waals surface area contributed by atoms with E-state index in [1.54, 1.807) is 6.20 Å². The standard InChI is InChI=1S/C19H24N4O2/c24-14-17(15-6-2-1-3-7-15)22-19(25)21-16-9-12-23(13-10-16)18-8-4-5-11-20-18/h1-8,11,16-17,24H,9-10,12-14H2,(H2,21,22,25). The van der Waals surface area contributed by atoms with Gasteiger partial charge in [0.1, 0.15) is 5.82 Å². The van der Waals surface area contributed by atoms with E-state index in [2.05, 4.69) is 20.5 Å². The number of nitrogens with zero attached hydrogens (tertiary/aromatic N) is 2. The molecule has 1 aromatic heterocycles. The first-order valence-corrected chi connectivity index (χ1v) is 8.65. The summed E-state index contributed by atoms with van der Waals surface area (Å²) >= 11 is 0. The molecule has 1 atom stereocenters. The number of aliphatic hydroxyl groups excluding tert-OH is 1. The van der Waals surface area contributed by atoms with Crippen LogP contribution in [0.4, 0.5) is 10.6 Å². The second-order valence-electron chi connectivity index (χ2n) is 6.21. The first-order chi connectivity index (χ1) is 12.3. The first-order valence-electron chi connectivity index (χ1n) is 8.65. The highest BCUT2D eigenvalue weighted by atomic mass is 16.3. The van der Waals surface area contributed by atoms with Crippen LogP contribution in [0.15, 0.2) is 54.7 Å². The average Bonchev–Trinajstić information content (AvgIpc) is 2.68. The number of urea groups is 1. The molecule has 0 radical (unpaired) electrons. The molecule has 1 aliphatic rings. The fourth-order valence-corrected chi connectivity index (χ4v) is 3.10. The minimum Gasteiger partial charge on any atom is -0.394 e. The maximum absolute atomic E-state index is 12.2. The molecule has 1 saturated heterocycles. The number of carbonyl (C=O) groups is 1. The highest BCUT2D eigenvalue weighted by Gasteiger charge is 2.22. The number of carbonyl (C=O) groups excluding carboxylic acids is 1. The fourth-order valence-electron chi connectivity index (χ4n) is 3.10. The van der Waals surface area contributed by atoms with Crippen molar-refractivity contribution in [3.05, 3.63) is 60.3 Å². The molecular formula is C19H24N4O2. The Bertz CT molecular complexity index is 658. The molecule has 6 heteroatoms. The van der Waals surface area contributed by atoms with Crippen molar-refractivity contribution in [3.8, 4) is 0 Å². The summed E-state index contributed by atoms with van der Waals surface area (Å²) in [5.74, 6) is 0.981. The normalized spacial score (nSPS) is 16.3. The maximum atomic E-state index is 12.2. The Kier molecular flexibility index (Phi) is 5.85. The van der Waals surface area contributed by atoms with E-state index < -0.39 is 6.04 Å². The lowest BCUT2D eigenvalue weighted by molar-refractivity contribution is 0.212. The van der Waals surface area contributed by atoms with Gasteiger partial charge in [0.15, 0.2) is 0 Å². The summed E-state index contributed by atoms with van der Waals surface area (Å²) < 4.78 is 0. The van der Waals surface area contributed by atoms with Gasteiger partial charge in [0, 0.05) is 25.3 Å². The largest absolute Gasteiger partial charge is 0.394 e. The molecule has 2 heterocycles. The van der Waals surface area contributed by atoms with Gasteiger partial charge in [-0.15, -0.1) is 0 Å². The van der Waals surface area contributed by atoms with E-state index in [9.17, 15) is 9.90 Å². The minimum atomic E-state index is -0.394. The number of hydrogen-bond donors (Lipinski definition) is 3. The molecule has 2 aromatic rings. The molecule has 0 bridgehead atoms. The van der Waals surface area contributed by atoms with Crippen molar-refractivity contribution >= 4 is 11.8 Å². The van der Waals surface area contributed by atoms with Gasteiger partial charge in [-0.05, 0) is 30.5 Å². The van der Waals surface area contributed by atoms with E-state index in [4.69, 9.17) is 0 Å². The van der Waals surface area contributed by atoms with Crippen molar-refractivity contribution in [1.82, 2.24) is 15.6 Å². The number of benzene rings is 1. The lowest BCUT2D eigenvalue weighted by Crippen LogP contribution is -2.49. The number of amides is 2. The van der Waals surface area contributed by atoms with Crippen LogP contribution in [0.25, 0.3) is 0 Å². The lowest BCUT2D eigenvalue weighted by Gasteiger charge is -2.33. The van der Waals surface area contributed by atoms with Gasteiger partial charge < -0.3 is 20.6 Å². The van der Waals surface area contributed by atoms with Gasteiger partial charge in [-0.3, -0.25) is 0 Å². The molecule has 3 N–H and O–H groups in total. The van der Waals surface area contributed by atoms with E-state index >= 15 is 0 Å². The van der Waals surface area contributed by atoms with Crippen molar-refractivity contribution in [3.63, 3.8) is 0 Å². The molecule has 0 saturated carbocycles. The second-order valence-corrected chi connectivity index (χ2v) is 6.21. The van der Waals surface area contributed by atoms with Crippen LogP contribution in [0, 0.1) is 0 Å². The predicted octanol–water partition coefficient (Wildman–Crippen LogP) is 2.08. The number of nitrogens with one attached hydrogen (secondary N) is 2. The molecule has 25 heavy (non-hydrogen) atoms. The van der Waals surface area contributed by atoms with Gasteiger partial charge in [-0.2, -0.15) is 0 Å². The van der Waals surface area contributed by atoms with Gasteiger partial charge >= 0.3 is 6.03 Å². The van der Waals surface area contributed by atoms with Crippen molar-refractivity contribution in [1.29, 1.82) is 0 Å². The third kappa shape index (κ3) is 4.70. The van der Waals surface area contributed by atoms with Crippen LogP contribution in [0.2, 0.25) is 0 Å². The average molecular weight is 340 g/mol. The molecule has 2 amide bonds. The van der Waals surface area contributed by atoms with Gasteiger partial charge in [-0.25, -0.2) is 9.78 Å². The van der Waals surface area contributed by atoms with E-state index in [-0.39, 0.29) is 18.7 Å². The van der Waals surface area contributed by atoms with Crippen molar-refractivity contribution in [2.75, 3.05) is 24.6 Å². The number of rotatable bonds is 5. The maximum Gasteiger partial charge on any atom is 0.315 e. The minimum absolute atomic E-state index is 0.129. The quantitative estimate of drug-likeness (QED) is 0.779. The summed E-state index contributed by atoms with van der Waals surface area (Å²) in [7, 11) is 0. The first kappa shape index (κ1) is 17.2. The molecule has 1 aromatic carbocycles. The SMILES string of the molecule is O=C(NC1CCN(c2ccccn2)CC1)NC(CO)c1ccccc1. The van der Waals surface area contributed by atoms with Gasteiger partial charge in [-0.1, -0.05) is 36.4 Å². The van der Waals surface area contributed by atoms with Crippen LogP contribution in [-0.2, 0) is 0 Å². The molecule has 132 valence electrons. The van der Waals surface area contributed by atoms with Gasteiger partial charge in [0.05, 0.1) is 12.6 Å². The second kappa shape index (κ2) is 8.48. The summed E-state index contributed by atoms with van der Waals surface area (Å²) in [4.78, 5) is 18.8. The topological polar surface area (TPSA) is 77.5 Å². The third-order valence-electron chi connectivity index (χ3n) is 4.49. The molecule has 0 aliphatic carbocycles. The molecule has 1 fully saturated rings. The monoisotopic (exact) mass is 340 g/mol. The zero-order valence-corrected chi connectivity index (χ0v) is 14.1. The number of aromatic nitrogens is 1. The molecule has 0 spiro atoms. The highest BCUT2D eigenvalue weighted by molar-refractivity contribution is 5.74. The van der Waals surface area contributed by atoms with Crippen LogP contribution < -0.4 is 15.5 Å². The fraction of sp³-hybridized carbons (Fsp3) is 0.368. The summed E-state index contributed by atoms with van der Waals surface area (Å²) in [5, 5.41) is 15.4. The number of anilines is 1. The van der Waals surface area contributed by atoms with E-state index in [0.717, 1.165) is 37.3 Å². The van der Waals surface area contributed by atoms with Crippen LogP contribution in [-0.4, -0.2) is 41.9 Å². The molecular weight excluding hydrogens is 316 g/mol. The Morgan fingerprint density at radius 3 is 2.52 bits per heavy atom. The molecule has 6 nitrogen and oxygen atoms in total. The number of aliphatic hydroxyl groups is 1. The van der Waals surface area contributed by atoms with Crippen LogP contribution in [0.3, 0.4) is 0 Å². The van der Waals surface area contributed by atoms with E-state index in [1.165, 1.54) is 0 Å². The summed E-state index contributed by atoms with van der Waals surface area (Å²) in [6.45, 7) is 1.60. The predicted molar refractivity (Wildman–Crippen MR) is 97.4 cm³/mol. The molecule has 1 unspecified atom stereocenters. The van der Waals surface area contributed by atoms with Gasteiger partial charge in [0.25, 0.3) is 0 Å². The number of piperidine rings is 1. The number of hydrogen-bond acceptors (Lipinski definition) is 4. The number of pyridine rings is 1. The zero-order chi connectivity index (χ0) is 17.5. The smallest absolute Gasteiger partial charge is 0.315 e. The van der Waals surface area contributed by atoms with Crippen LogP contribution in [0.1, 0.15) is 24.4 Å². The summed E-state index contributed by atoms with van der Waals surface area (Å²) in [6.07, 6.45) is 3.55. The van der Waals surface area contributed by atoms with Crippen molar-refractivity contribution in [2.24, 2.45) is 0 Å². The molecule has 1 aliphatic heterocycles. The van der Waals surface area contributed by atoms with Crippen molar-refractivity contribution < 1.29 is 9.90 Å². The van der Waals surface area contributed by atoms with Crippen LogP contribution >= 0.6 is 0 Å². The lowest BCUT2D eigenvalue weighted by atomic mass is 10.1. The molecule has 3 rings (SSSR count). The van der Waals surface area contributed by atoms with Gasteiger partial charge in [0.2, 0.25) is 0 Å². The zero-order valence-electron chi connectivity index (χ0n) is 14.1. The Morgan fingerprint density at radius 1 is 1.16 bits per heavy atom. The summed E-state index contributed by atoms with van der Waals surface area (Å²) in [6, 6.07) is 14.9. The Labute approximate surface area is 147 Å². The Morgan fingerprint density at radius 2 is 1.88 bits per heavy atom. The van der Waals surface area contributed by atoms with E-state index in [1.807, 2.05) is 48.5 Å². The Balaban J connectivity index is 1.47. The third-order valence-corrected chi connectivity index (χ3v) is 4.49. The van der Waals surface area contributed by atoms with E-state index in [0.29, 0.717) is 0 Å². The highest BCUT2D eigenvalue weighted by Crippen LogP contribution is 2.17. The van der Waals surface area contributed by atoms with Crippen molar-refractivity contribution in [2.45, 2.75) is 24.9 Å². The Hall–Kier alpha value is -2.60. The summed E-state index contributed by atoms with van der Waals surface area (Å²) in [5.41, 5.74) is 0.894.